The number of para-hydroxylation sites is 1. The molecule has 4 fully saturated rings. The van der Waals surface area contributed by atoms with E-state index in [9.17, 15) is 0 Å². The summed E-state index contributed by atoms with van der Waals surface area (Å²) in [5.41, 5.74) is 18.3. The minimum Gasteiger partial charge on any atom is -0.457 e. The van der Waals surface area contributed by atoms with Crippen LogP contribution in [0.15, 0.2) is 134 Å². The van der Waals surface area contributed by atoms with Gasteiger partial charge in [-0.3, -0.25) is 4.57 Å². The number of rotatable bonds is 7. The van der Waals surface area contributed by atoms with Gasteiger partial charge in [-0.25, -0.2) is 4.98 Å². The Morgan fingerprint density at radius 2 is 1.03 bits per heavy atom. The molecule has 5 aliphatic rings. The number of pyridine rings is 1. The first kappa shape index (κ1) is 51.4. The van der Waals surface area contributed by atoms with E-state index >= 15 is 0 Å². The van der Waals surface area contributed by atoms with Gasteiger partial charge in [0.25, 0.3) is 0 Å². The largest absolute Gasteiger partial charge is 0.457 e. The molecule has 3 heterocycles. The van der Waals surface area contributed by atoms with Crippen LogP contribution in [0.2, 0.25) is 0 Å². The Labute approximate surface area is 461 Å². The van der Waals surface area contributed by atoms with Crippen molar-refractivity contribution in [3.63, 3.8) is 0 Å². The standard InChI is InChI=1S/C72H84N4O/c1-67(2,3)50-26-27-73-65(38-50)76-62-25-22-48(49-31-51(68(4,5)6)34-52(32-49)69(7,8)9)33-60(62)59-24-23-58(40-64(59)76)77-57-19-16-18-55(39-57)74-44-75(56-36-53(70(10,11)12)35-54(37-56)71(13,14)15)66-61(20-17-21-63(66)74)72-41-45-28-46(42-72)30-47(29-45)43-72/h16-27,31-40,45-47H,28-30,41-44H2,1-15H3. The first-order valence-corrected chi connectivity index (χ1v) is 29.0. The smallest absolute Gasteiger partial charge is 0.137 e. The number of ether oxygens (including phenoxy) is 1. The lowest BCUT2D eigenvalue weighted by atomic mass is 9.48. The average Bonchev–Trinajstić information content (AvgIpc) is 4.03. The van der Waals surface area contributed by atoms with Crippen molar-refractivity contribution in [1.29, 1.82) is 0 Å². The molecule has 5 heteroatoms. The Morgan fingerprint density at radius 3 is 1.62 bits per heavy atom. The van der Waals surface area contributed by atoms with Gasteiger partial charge in [0.15, 0.2) is 0 Å². The fourth-order valence-corrected chi connectivity index (χ4v) is 14.3. The van der Waals surface area contributed by atoms with E-state index in [0.29, 0.717) is 0 Å². The van der Waals surface area contributed by atoms with Crippen LogP contribution in [-0.4, -0.2) is 16.2 Å². The van der Waals surface area contributed by atoms with E-state index in [2.05, 4.69) is 246 Å². The number of anilines is 4. The lowest BCUT2D eigenvalue weighted by Gasteiger charge is -2.57. The summed E-state index contributed by atoms with van der Waals surface area (Å²) in [7, 11) is 0. The Morgan fingerprint density at radius 1 is 0.455 bits per heavy atom. The Bertz CT molecular complexity index is 3510. The van der Waals surface area contributed by atoms with E-state index in [1.54, 1.807) is 5.56 Å². The summed E-state index contributed by atoms with van der Waals surface area (Å²) in [6.07, 6.45) is 10.2. The summed E-state index contributed by atoms with van der Waals surface area (Å²) in [6.45, 7) is 35.6. The molecule has 5 nitrogen and oxygen atoms in total. The van der Waals surface area contributed by atoms with E-state index in [4.69, 9.17) is 9.72 Å². The second kappa shape index (κ2) is 17.8. The Balaban J connectivity index is 0.960. The van der Waals surface area contributed by atoms with Crippen molar-refractivity contribution in [2.24, 2.45) is 17.8 Å². The maximum Gasteiger partial charge on any atom is 0.137 e. The first-order chi connectivity index (χ1) is 36.2. The van der Waals surface area contributed by atoms with E-state index in [0.717, 1.165) is 58.5 Å². The van der Waals surface area contributed by atoms with Crippen molar-refractivity contribution in [3.8, 4) is 28.4 Å². The summed E-state index contributed by atoms with van der Waals surface area (Å²) in [5.74, 6) is 5.08. The van der Waals surface area contributed by atoms with Crippen LogP contribution in [0.3, 0.4) is 0 Å². The highest BCUT2D eigenvalue weighted by molar-refractivity contribution is 6.10. The molecule has 2 aromatic heterocycles. The zero-order chi connectivity index (χ0) is 54.4. The average molecular weight is 1020 g/mol. The summed E-state index contributed by atoms with van der Waals surface area (Å²) < 4.78 is 9.40. The van der Waals surface area contributed by atoms with Crippen molar-refractivity contribution in [2.45, 2.75) is 175 Å². The van der Waals surface area contributed by atoms with Gasteiger partial charge in [-0.1, -0.05) is 152 Å². The SMILES string of the molecule is CC(C)(C)c1cc(-c2ccc3c(c2)c2ccc(Oc4cccc(N5CN(c6cc(C(C)(C)C)cc(C(C)(C)C)c6)c6c5cccc6C56CC7CC(CC(C7)C5)C6)c4)cc2n3-c2cc(C(C)(C)C)ccn2)cc(C(C)(C)C)c1. The van der Waals surface area contributed by atoms with Crippen molar-refractivity contribution >= 4 is 44.6 Å². The van der Waals surface area contributed by atoms with Crippen LogP contribution in [-0.2, 0) is 32.5 Å². The van der Waals surface area contributed by atoms with Crippen LogP contribution in [0.1, 0.15) is 176 Å². The van der Waals surface area contributed by atoms with Crippen LogP contribution in [0.5, 0.6) is 11.5 Å². The van der Waals surface area contributed by atoms with Crippen LogP contribution >= 0.6 is 0 Å². The molecule has 6 aromatic carbocycles. The van der Waals surface area contributed by atoms with Crippen LogP contribution in [0.4, 0.5) is 22.7 Å². The van der Waals surface area contributed by atoms with Gasteiger partial charge in [-0.15, -0.1) is 0 Å². The second-order valence-corrected chi connectivity index (χ2v) is 29.4. The molecule has 0 amide bonds. The third-order valence-electron chi connectivity index (χ3n) is 18.4. The zero-order valence-corrected chi connectivity index (χ0v) is 49.1. The van der Waals surface area contributed by atoms with E-state index in [1.807, 2.05) is 6.20 Å². The number of nitrogens with zero attached hydrogens (tertiary/aromatic N) is 4. The van der Waals surface area contributed by atoms with Gasteiger partial charge in [0.05, 0.1) is 22.4 Å². The van der Waals surface area contributed by atoms with Gasteiger partial charge in [0.1, 0.15) is 24.0 Å². The predicted octanol–water partition coefficient (Wildman–Crippen LogP) is 19.8. The molecule has 77 heavy (non-hydrogen) atoms. The van der Waals surface area contributed by atoms with Gasteiger partial charge in [-0.05, 0) is 200 Å². The van der Waals surface area contributed by atoms with E-state index < -0.39 is 0 Å². The van der Waals surface area contributed by atoms with Gasteiger partial charge in [-0.2, -0.15) is 0 Å². The van der Waals surface area contributed by atoms with Gasteiger partial charge in [0.2, 0.25) is 0 Å². The normalized spacial score (nSPS) is 20.7. The number of fused-ring (bicyclic) bond motifs is 4. The lowest BCUT2D eigenvalue weighted by Crippen LogP contribution is -2.48. The molecule has 0 radical (unpaired) electrons. The van der Waals surface area contributed by atoms with Crippen molar-refractivity contribution in [1.82, 2.24) is 9.55 Å². The van der Waals surface area contributed by atoms with E-state index in [1.165, 1.54) is 105 Å². The number of hydrogen-bond donors (Lipinski definition) is 0. The zero-order valence-electron chi connectivity index (χ0n) is 49.1. The molecule has 1 aliphatic heterocycles. The molecule has 4 saturated carbocycles. The number of aromatic nitrogens is 2. The summed E-state index contributed by atoms with van der Waals surface area (Å²) in [4.78, 5) is 10.3. The molecule has 13 rings (SSSR count). The van der Waals surface area contributed by atoms with Gasteiger partial charge < -0.3 is 14.5 Å². The van der Waals surface area contributed by atoms with E-state index in [-0.39, 0.29) is 32.5 Å². The van der Waals surface area contributed by atoms with Crippen LogP contribution < -0.4 is 14.5 Å². The molecule has 0 unspecified atom stereocenters. The predicted molar refractivity (Wildman–Crippen MR) is 326 cm³/mol. The molecule has 398 valence electrons. The van der Waals surface area contributed by atoms with Crippen LogP contribution in [0, 0.1) is 17.8 Å². The Hall–Kier alpha value is -6.33. The third kappa shape index (κ3) is 9.36. The summed E-state index contributed by atoms with van der Waals surface area (Å²) in [6, 6.07) is 48.8. The number of benzene rings is 6. The van der Waals surface area contributed by atoms with Gasteiger partial charge >= 0.3 is 0 Å². The third-order valence-corrected chi connectivity index (χ3v) is 18.4. The molecule has 0 N–H and O–H groups in total. The monoisotopic (exact) mass is 1020 g/mol. The van der Waals surface area contributed by atoms with Gasteiger partial charge in [0, 0.05) is 40.5 Å². The molecule has 0 atom stereocenters. The highest BCUT2D eigenvalue weighted by atomic mass is 16.5. The topological polar surface area (TPSA) is 33.5 Å². The van der Waals surface area contributed by atoms with Crippen molar-refractivity contribution in [3.05, 3.63) is 167 Å². The highest BCUT2D eigenvalue weighted by Gasteiger charge is 2.53. The summed E-state index contributed by atoms with van der Waals surface area (Å²) in [5, 5.41) is 2.36. The second-order valence-electron chi connectivity index (χ2n) is 29.4. The number of hydrogen-bond acceptors (Lipinski definition) is 4. The Kier molecular flexibility index (Phi) is 11.9. The summed E-state index contributed by atoms with van der Waals surface area (Å²) >= 11 is 0. The maximum absolute atomic E-state index is 7.05. The molecular formula is C72H84N4O. The lowest BCUT2D eigenvalue weighted by molar-refractivity contribution is -0.00489. The molecule has 0 saturated heterocycles. The molecule has 0 spiro atoms. The molecule has 4 aliphatic carbocycles. The first-order valence-electron chi connectivity index (χ1n) is 29.0. The van der Waals surface area contributed by atoms with Crippen molar-refractivity contribution < 1.29 is 4.74 Å². The maximum atomic E-state index is 7.05. The molecular weight excluding hydrogens is 937 g/mol. The molecule has 4 bridgehead atoms. The fraction of sp³-hybridized carbons (Fsp3) is 0.431. The molecule has 8 aromatic rings. The minimum atomic E-state index is -0.0408. The van der Waals surface area contributed by atoms with Crippen molar-refractivity contribution in [2.75, 3.05) is 16.5 Å². The highest BCUT2D eigenvalue weighted by Crippen LogP contribution is 2.64. The quantitative estimate of drug-likeness (QED) is 0.159. The minimum absolute atomic E-state index is 0.00572. The fourth-order valence-electron chi connectivity index (χ4n) is 14.3. The van der Waals surface area contributed by atoms with Crippen LogP contribution in [0.25, 0.3) is 38.8 Å².